The lowest BCUT2D eigenvalue weighted by Gasteiger charge is -2.42. The van der Waals surface area contributed by atoms with Gasteiger partial charge in [-0.05, 0) is 121 Å². The van der Waals surface area contributed by atoms with E-state index in [0.717, 1.165) is 43.2 Å². The minimum atomic E-state index is -4.06. The number of hydrogen-bond donors (Lipinski definition) is 5. The van der Waals surface area contributed by atoms with Crippen LogP contribution in [0.25, 0.3) is 43.2 Å². The highest BCUT2D eigenvalue weighted by Gasteiger charge is 2.32. The smallest absolute Gasteiger partial charge is 0.410 e. The van der Waals surface area contributed by atoms with Crippen LogP contribution < -0.4 is 45.0 Å². The fourth-order valence-electron chi connectivity index (χ4n) is 12.7. The molecule has 6 amide bonds. The summed E-state index contributed by atoms with van der Waals surface area (Å²) in [5.74, 6) is 0.377. The van der Waals surface area contributed by atoms with Gasteiger partial charge in [0, 0.05) is 87.0 Å². The van der Waals surface area contributed by atoms with E-state index < -0.39 is 70.3 Å². The molecule has 0 saturated carbocycles. The van der Waals surface area contributed by atoms with Crippen LogP contribution in [-0.2, 0) is 74.5 Å². The van der Waals surface area contributed by atoms with E-state index >= 15 is 4.39 Å². The Hall–Kier alpha value is -11.0. The molecule has 5 N–H and O–H groups in total. The van der Waals surface area contributed by atoms with Gasteiger partial charge in [0.15, 0.2) is 36.4 Å². The molecule has 1 saturated heterocycles. The van der Waals surface area contributed by atoms with Crippen LogP contribution in [0, 0.1) is 25.1 Å². The molecule has 0 aliphatic carbocycles. The van der Waals surface area contributed by atoms with Crippen molar-refractivity contribution >= 4 is 90.9 Å². The first-order chi connectivity index (χ1) is 54.4. The van der Waals surface area contributed by atoms with Crippen LogP contribution in [0.4, 0.5) is 14.9 Å². The van der Waals surface area contributed by atoms with Crippen molar-refractivity contribution < 1.29 is 88.6 Å². The fraction of sp³-hybridized carbons (Fsp3) is 0.362. The third kappa shape index (κ3) is 23.5. The van der Waals surface area contributed by atoms with Crippen molar-refractivity contribution in [1.82, 2.24) is 50.6 Å². The molecule has 0 spiro atoms. The number of ether oxygens (including phenoxy) is 7. The second-order valence-electron chi connectivity index (χ2n) is 27.0. The third-order valence-corrected chi connectivity index (χ3v) is 21.3. The van der Waals surface area contributed by atoms with Crippen molar-refractivity contribution in [3.63, 3.8) is 0 Å². The summed E-state index contributed by atoms with van der Waals surface area (Å²) in [7, 11) is 2.82. The third-order valence-electron chi connectivity index (χ3n) is 18.9. The van der Waals surface area contributed by atoms with Crippen LogP contribution in [-0.4, -0.2) is 225 Å². The summed E-state index contributed by atoms with van der Waals surface area (Å²) in [6.45, 7) is 5.69. The number of amides is 6. The molecular weight excluding hydrogens is 1520 g/mol. The number of benzene rings is 5. The molecule has 2 aliphatic heterocycles. The number of thiophene rings is 1. The molecule has 113 heavy (non-hydrogen) atoms. The number of piperazine rings is 1. The molecule has 8 aromatic rings. The molecule has 0 bridgehead atoms. The van der Waals surface area contributed by atoms with Crippen molar-refractivity contribution in [1.29, 1.82) is 0 Å². The van der Waals surface area contributed by atoms with Crippen LogP contribution in [0.15, 0.2) is 128 Å². The maximum Gasteiger partial charge on any atom is 0.410 e. The second-order valence-corrected chi connectivity index (χ2v) is 29.9. The Morgan fingerprint density at radius 1 is 0.850 bits per heavy atom. The first-order valence-electron chi connectivity index (χ1n) is 36.4. The summed E-state index contributed by atoms with van der Waals surface area (Å²) in [5.41, 5.74) is 5.26. The van der Waals surface area contributed by atoms with Gasteiger partial charge in [-0.3, -0.25) is 43.1 Å². The maximum atomic E-state index is 16.6. The number of carbonyl (C=O) groups excluding carboxylic acids is 7. The molecule has 29 nitrogen and oxygen atoms in total. The fourth-order valence-corrected chi connectivity index (χ4v) is 14.6. The number of aldehydes is 1. The number of carbonyl (C=O) groups is 7. The van der Waals surface area contributed by atoms with E-state index in [1.807, 2.05) is 55.5 Å². The Balaban J connectivity index is 0.900. The Bertz CT molecular complexity index is 4920. The van der Waals surface area contributed by atoms with Crippen molar-refractivity contribution in [2.24, 2.45) is 0 Å². The average Bonchev–Trinajstić information content (AvgIpc) is 1.61. The SMILES string of the molecule is C#CCOC(=O)N(C)Cc1cc(NC(=O)C(CCCNC)NC(=O)CNC(=O)CCOCCN2C(=O)C=CC2=O)ccc1COc1cc(-c2sc3ncnc(OC(C=O)Cc4ccccc4OCc4ccnc(-c5ccccc5OC)n4)c3c2-c2ccc(OCCN3CC[N+](C)(CCCS(=O)(=O)O)CC3)c(Cl)c2C)ccc1F. The molecule has 596 valence electrons. The van der Waals surface area contributed by atoms with Crippen molar-refractivity contribution in [3.05, 3.63) is 167 Å². The van der Waals surface area contributed by atoms with Gasteiger partial charge in [-0.2, -0.15) is 8.42 Å². The molecule has 2 atom stereocenters. The highest BCUT2D eigenvalue weighted by molar-refractivity contribution is 7.85. The first-order valence-corrected chi connectivity index (χ1v) is 39.2. The maximum absolute atomic E-state index is 16.6. The van der Waals surface area contributed by atoms with Gasteiger partial charge in [-0.15, -0.1) is 17.8 Å². The number of para-hydroxylation sites is 2. The molecule has 2 aliphatic rings. The van der Waals surface area contributed by atoms with Crippen molar-refractivity contribution in [3.8, 4) is 74.2 Å². The topological polar surface area (TPSA) is 348 Å². The van der Waals surface area contributed by atoms with Gasteiger partial charge in [0.2, 0.25) is 23.6 Å². The van der Waals surface area contributed by atoms with E-state index in [0.29, 0.717) is 137 Å². The predicted molar refractivity (Wildman–Crippen MR) is 421 cm³/mol. The summed E-state index contributed by atoms with van der Waals surface area (Å²) in [6.07, 6.45) is 10.4. The number of nitrogens with zero attached hydrogens (tertiary/aromatic N) is 8. The molecular formula is C80H89ClFN12O17S2+. The van der Waals surface area contributed by atoms with Gasteiger partial charge in [0.25, 0.3) is 21.9 Å². The summed E-state index contributed by atoms with van der Waals surface area (Å²) >= 11 is 8.59. The van der Waals surface area contributed by atoms with E-state index in [9.17, 15) is 46.5 Å². The number of halogens is 2. The normalized spacial score (nSPS) is 13.9. The lowest BCUT2D eigenvalue weighted by molar-refractivity contribution is -0.913. The second kappa shape index (κ2) is 40.4. The first kappa shape index (κ1) is 84.4. The number of quaternary nitrogens is 1. The highest BCUT2D eigenvalue weighted by Crippen LogP contribution is 2.50. The van der Waals surface area contributed by atoms with E-state index in [1.54, 1.807) is 62.8 Å². The van der Waals surface area contributed by atoms with Gasteiger partial charge in [-0.25, -0.2) is 29.1 Å². The number of terminal acetylenes is 1. The molecule has 1 fully saturated rings. The van der Waals surface area contributed by atoms with Crippen LogP contribution in [0.2, 0.25) is 5.02 Å². The Morgan fingerprint density at radius 2 is 1.61 bits per heavy atom. The van der Waals surface area contributed by atoms with Crippen LogP contribution in [0.5, 0.6) is 28.9 Å². The number of anilines is 1. The number of likely N-dealkylation sites (N-methyl/N-ethyl adjacent to an activating group) is 1. The van der Waals surface area contributed by atoms with E-state index in [-0.39, 0.29) is 95.1 Å². The molecule has 0 radical (unpaired) electrons. The van der Waals surface area contributed by atoms with Crippen molar-refractivity contribution in [2.75, 3.05) is 125 Å². The Kier molecular flexibility index (Phi) is 30.2. The minimum Gasteiger partial charge on any atom is -0.496 e. The van der Waals surface area contributed by atoms with Crippen LogP contribution in [0.1, 0.15) is 53.6 Å². The molecule has 2 unspecified atom stereocenters. The van der Waals surface area contributed by atoms with Gasteiger partial charge in [0.1, 0.15) is 54.3 Å². The lowest BCUT2D eigenvalue weighted by Crippen LogP contribution is -2.58. The van der Waals surface area contributed by atoms with Gasteiger partial charge in [-0.1, -0.05) is 66.1 Å². The number of nitrogens with one attached hydrogen (secondary N) is 4. The molecule has 5 heterocycles. The zero-order valence-electron chi connectivity index (χ0n) is 63.1. The minimum absolute atomic E-state index is 0.00504. The number of hydrogen-bond acceptors (Lipinski definition) is 23. The highest BCUT2D eigenvalue weighted by atomic mass is 35.5. The number of methoxy groups -OCH3 is 1. The largest absolute Gasteiger partial charge is 0.496 e. The molecule has 33 heteroatoms. The standard InChI is InChI=1S/C80H88ClFN12O17S2/c1-7-38-108-80(101)91(4)47-56-43-57(89-77(100)63(16-12-29-83-3)90-69(97)46-85-68(96)28-39-106-40-34-93-70(98)25-26-71(93)99)21-19-55(56)49-109-67-45-54(20-23-62(67)82)75-72(60-22-24-66(74(81)52(60)2)107-41-33-92-31-36-94(5,37-32-92)35-13-42-113(102,103)104)73-78(86-51-87-79(73)112-75)111-59(48-95)44-53-14-8-10-17-64(53)110-50-58-27-30-84-76(88-58)61-15-9-11-18-65(61)105-6/h1,8-11,14-15,17-27,30,43,45,48,51,59,63,83H,12-13,16,28-29,31-42,44,46-47,49-50H2,2-6H3,(H3-,85,89,90,96,97,100,102,103,104)/p+1. The molecule has 3 aromatic heterocycles. The number of fused-ring (bicyclic) bond motifs is 1. The molecule has 5 aromatic carbocycles. The summed E-state index contributed by atoms with van der Waals surface area (Å²) < 4.78 is 91.5. The zero-order chi connectivity index (χ0) is 80.6. The van der Waals surface area contributed by atoms with Crippen LogP contribution >= 0.6 is 22.9 Å². The molecule has 10 rings (SSSR count). The Labute approximate surface area is 662 Å². The summed E-state index contributed by atoms with van der Waals surface area (Å²) in [5, 5.41) is 11.8. The van der Waals surface area contributed by atoms with Gasteiger partial charge in [0.05, 0.1) is 87.5 Å². The predicted octanol–water partition coefficient (Wildman–Crippen LogP) is 8.43. The Morgan fingerprint density at radius 3 is 2.36 bits per heavy atom. The van der Waals surface area contributed by atoms with E-state index in [1.165, 1.54) is 41.7 Å². The van der Waals surface area contributed by atoms with Gasteiger partial charge >= 0.3 is 6.09 Å². The monoisotopic (exact) mass is 1610 g/mol. The summed E-state index contributed by atoms with van der Waals surface area (Å²) in [6, 6.07) is 28.1. The van der Waals surface area contributed by atoms with Crippen LogP contribution in [0.3, 0.4) is 0 Å². The number of aromatic nitrogens is 4. The number of imide groups is 1. The van der Waals surface area contributed by atoms with E-state index in [2.05, 4.69) is 49.1 Å². The van der Waals surface area contributed by atoms with Crippen molar-refractivity contribution in [2.45, 2.75) is 70.9 Å². The quantitative estimate of drug-likeness (QED) is 0.00599. The summed E-state index contributed by atoms with van der Waals surface area (Å²) in [4.78, 5) is 114. The van der Waals surface area contributed by atoms with E-state index in [4.69, 9.17) is 61.2 Å². The average molecular weight is 1610 g/mol. The number of rotatable bonds is 41. The zero-order valence-corrected chi connectivity index (χ0v) is 65.5. The van der Waals surface area contributed by atoms with Gasteiger partial charge < -0.3 is 63.8 Å². The lowest BCUT2D eigenvalue weighted by atomic mass is 9.95.